The van der Waals surface area contributed by atoms with E-state index in [1.165, 1.54) is 0 Å². The first-order chi connectivity index (χ1) is 8.78. The maximum absolute atomic E-state index is 5.80. The van der Waals surface area contributed by atoms with E-state index < -0.39 is 0 Å². The minimum Gasteiger partial charge on any atom is -0.326 e. The van der Waals surface area contributed by atoms with Gasteiger partial charge in [0.15, 0.2) is 5.82 Å². The zero-order valence-corrected chi connectivity index (χ0v) is 10.2. The molecule has 0 fully saturated rings. The van der Waals surface area contributed by atoms with Gasteiger partial charge in [-0.25, -0.2) is 9.67 Å². The van der Waals surface area contributed by atoms with Crippen LogP contribution in [0.1, 0.15) is 11.3 Å². The molecule has 3 aromatic rings. The first-order valence-electron chi connectivity index (χ1n) is 5.89. The van der Waals surface area contributed by atoms with E-state index in [4.69, 9.17) is 5.73 Å². The van der Waals surface area contributed by atoms with Crippen molar-refractivity contribution in [1.82, 2.24) is 14.8 Å². The third kappa shape index (κ3) is 1.76. The zero-order chi connectivity index (χ0) is 12.5. The summed E-state index contributed by atoms with van der Waals surface area (Å²) in [6.07, 6.45) is 1.91. The lowest BCUT2D eigenvalue weighted by molar-refractivity contribution is 0.818. The molecule has 2 heterocycles. The third-order valence-corrected chi connectivity index (χ3v) is 2.94. The van der Waals surface area contributed by atoms with Gasteiger partial charge in [0.2, 0.25) is 0 Å². The van der Waals surface area contributed by atoms with Crippen molar-refractivity contribution in [3.05, 3.63) is 53.9 Å². The first kappa shape index (κ1) is 10.9. The first-order valence-corrected chi connectivity index (χ1v) is 5.89. The van der Waals surface area contributed by atoms with Crippen molar-refractivity contribution in [2.45, 2.75) is 13.5 Å². The maximum Gasteiger partial charge on any atom is 0.158 e. The highest BCUT2D eigenvalue weighted by molar-refractivity contribution is 5.80. The molecule has 0 atom stereocenters. The number of pyridine rings is 1. The number of para-hydroxylation sites is 1. The van der Waals surface area contributed by atoms with Gasteiger partial charge in [0.05, 0.1) is 11.2 Å². The van der Waals surface area contributed by atoms with Crippen LogP contribution in [0.3, 0.4) is 0 Å². The number of fused-ring (bicyclic) bond motifs is 1. The van der Waals surface area contributed by atoms with Crippen LogP contribution >= 0.6 is 0 Å². The van der Waals surface area contributed by atoms with Crippen LogP contribution in [0.4, 0.5) is 0 Å². The lowest BCUT2D eigenvalue weighted by Gasteiger charge is -2.08. The van der Waals surface area contributed by atoms with Gasteiger partial charge in [0.25, 0.3) is 0 Å². The molecule has 0 unspecified atom stereocenters. The van der Waals surface area contributed by atoms with Gasteiger partial charge < -0.3 is 5.73 Å². The Morgan fingerprint density at radius 2 is 2.06 bits per heavy atom. The minimum atomic E-state index is 0.450. The molecule has 2 N–H and O–H groups in total. The summed E-state index contributed by atoms with van der Waals surface area (Å²) >= 11 is 0. The van der Waals surface area contributed by atoms with E-state index in [9.17, 15) is 0 Å². The lowest BCUT2D eigenvalue weighted by Crippen LogP contribution is -2.07. The zero-order valence-electron chi connectivity index (χ0n) is 10.2. The van der Waals surface area contributed by atoms with Crippen molar-refractivity contribution in [3.8, 4) is 5.82 Å². The highest BCUT2D eigenvalue weighted by atomic mass is 15.3. The highest BCUT2D eigenvalue weighted by Crippen LogP contribution is 2.19. The number of aromatic nitrogens is 3. The summed E-state index contributed by atoms with van der Waals surface area (Å²) in [7, 11) is 0. The molecular weight excluding hydrogens is 224 g/mol. The Hall–Kier alpha value is -2.20. The van der Waals surface area contributed by atoms with Gasteiger partial charge in [-0.3, -0.25) is 0 Å². The van der Waals surface area contributed by atoms with Gasteiger partial charge in [0, 0.05) is 23.7 Å². The minimum absolute atomic E-state index is 0.450. The van der Waals surface area contributed by atoms with Gasteiger partial charge in [-0.1, -0.05) is 18.2 Å². The molecule has 4 nitrogen and oxygen atoms in total. The summed E-state index contributed by atoms with van der Waals surface area (Å²) in [5.41, 5.74) is 8.72. The van der Waals surface area contributed by atoms with Crippen LogP contribution in [0.5, 0.6) is 0 Å². The molecule has 0 spiro atoms. The molecule has 0 amide bonds. The van der Waals surface area contributed by atoms with Gasteiger partial charge in [-0.2, -0.15) is 5.10 Å². The van der Waals surface area contributed by atoms with Crippen LogP contribution in [-0.2, 0) is 6.54 Å². The predicted octanol–water partition coefficient (Wildman–Crippen LogP) is 2.19. The van der Waals surface area contributed by atoms with Crippen LogP contribution < -0.4 is 5.73 Å². The molecule has 2 aromatic heterocycles. The molecule has 1 aromatic carbocycles. The Morgan fingerprint density at radius 3 is 2.78 bits per heavy atom. The Kier molecular flexibility index (Phi) is 2.57. The van der Waals surface area contributed by atoms with E-state index in [2.05, 4.69) is 16.1 Å². The smallest absolute Gasteiger partial charge is 0.158 e. The maximum atomic E-state index is 5.80. The van der Waals surface area contributed by atoms with E-state index in [0.29, 0.717) is 6.54 Å². The Bertz CT molecular complexity index is 700. The topological polar surface area (TPSA) is 56.7 Å². The average Bonchev–Trinajstić information content (AvgIpc) is 2.83. The van der Waals surface area contributed by atoms with E-state index in [0.717, 1.165) is 28.0 Å². The third-order valence-electron chi connectivity index (χ3n) is 2.94. The number of hydrogen-bond donors (Lipinski definition) is 1. The van der Waals surface area contributed by atoms with Crippen molar-refractivity contribution < 1.29 is 0 Å². The molecule has 0 aliphatic carbocycles. The molecule has 0 radical (unpaired) electrons. The monoisotopic (exact) mass is 238 g/mol. The number of nitrogens with two attached hydrogens (primary N) is 1. The largest absolute Gasteiger partial charge is 0.326 e. The van der Waals surface area contributed by atoms with Crippen LogP contribution in [0.25, 0.3) is 16.7 Å². The number of hydrogen-bond acceptors (Lipinski definition) is 3. The SMILES string of the molecule is Cc1ccn(-c2nc3ccccc3cc2CN)n1. The molecule has 4 heteroatoms. The lowest BCUT2D eigenvalue weighted by atomic mass is 10.1. The Balaban J connectivity index is 2.26. The van der Waals surface area contributed by atoms with Crippen LogP contribution in [-0.4, -0.2) is 14.8 Å². The number of benzene rings is 1. The number of nitrogens with zero attached hydrogens (tertiary/aromatic N) is 3. The van der Waals surface area contributed by atoms with Crippen molar-refractivity contribution >= 4 is 10.9 Å². The fourth-order valence-corrected chi connectivity index (χ4v) is 2.03. The number of rotatable bonds is 2. The van der Waals surface area contributed by atoms with Gasteiger partial charge in [-0.15, -0.1) is 0 Å². The summed E-state index contributed by atoms with van der Waals surface area (Å²) in [6, 6.07) is 12.1. The molecule has 0 saturated heterocycles. The molecule has 0 saturated carbocycles. The fourth-order valence-electron chi connectivity index (χ4n) is 2.03. The molecular formula is C14H14N4. The molecule has 0 aliphatic rings. The van der Waals surface area contributed by atoms with Gasteiger partial charge >= 0.3 is 0 Å². The molecule has 3 rings (SSSR count). The second kappa shape index (κ2) is 4.23. The molecule has 0 aliphatic heterocycles. The normalized spacial score (nSPS) is 11.0. The Morgan fingerprint density at radius 1 is 1.22 bits per heavy atom. The van der Waals surface area contributed by atoms with E-state index in [1.807, 2.05) is 43.5 Å². The van der Waals surface area contributed by atoms with E-state index >= 15 is 0 Å². The van der Waals surface area contributed by atoms with Gasteiger partial charge in [0.1, 0.15) is 0 Å². The quantitative estimate of drug-likeness (QED) is 0.744. The van der Waals surface area contributed by atoms with Crippen molar-refractivity contribution in [2.24, 2.45) is 5.73 Å². The van der Waals surface area contributed by atoms with Crippen molar-refractivity contribution in [1.29, 1.82) is 0 Å². The fraction of sp³-hybridized carbons (Fsp3) is 0.143. The second-order valence-electron chi connectivity index (χ2n) is 4.27. The van der Waals surface area contributed by atoms with Crippen LogP contribution in [0, 0.1) is 6.92 Å². The summed E-state index contributed by atoms with van der Waals surface area (Å²) in [5, 5.41) is 5.50. The average molecular weight is 238 g/mol. The van der Waals surface area contributed by atoms with Crippen LogP contribution in [0.2, 0.25) is 0 Å². The summed E-state index contributed by atoms with van der Waals surface area (Å²) in [5.74, 6) is 0.810. The Labute approximate surface area is 105 Å². The number of aryl methyl sites for hydroxylation is 1. The predicted molar refractivity (Wildman–Crippen MR) is 71.5 cm³/mol. The van der Waals surface area contributed by atoms with Crippen molar-refractivity contribution in [2.75, 3.05) is 0 Å². The van der Waals surface area contributed by atoms with Crippen LogP contribution in [0.15, 0.2) is 42.6 Å². The standard InChI is InChI=1S/C14H14N4/c1-10-6-7-18(17-10)14-12(9-15)8-11-4-2-3-5-13(11)16-14/h2-8H,9,15H2,1H3. The van der Waals surface area contributed by atoms with E-state index in [1.54, 1.807) is 4.68 Å². The molecule has 18 heavy (non-hydrogen) atoms. The summed E-state index contributed by atoms with van der Waals surface area (Å²) in [4.78, 5) is 4.65. The van der Waals surface area contributed by atoms with Gasteiger partial charge in [-0.05, 0) is 25.1 Å². The van der Waals surface area contributed by atoms with Crippen molar-refractivity contribution in [3.63, 3.8) is 0 Å². The highest BCUT2D eigenvalue weighted by Gasteiger charge is 2.08. The summed E-state index contributed by atoms with van der Waals surface area (Å²) < 4.78 is 1.78. The van der Waals surface area contributed by atoms with E-state index in [-0.39, 0.29) is 0 Å². The molecule has 90 valence electrons. The molecule has 0 bridgehead atoms. The summed E-state index contributed by atoms with van der Waals surface area (Å²) in [6.45, 7) is 2.41. The second-order valence-corrected chi connectivity index (χ2v) is 4.27.